The van der Waals surface area contributed by atoms with Gasteiger partial charge in [-0.3, -0.25) is 4.79 Å². The smallest absolute Gasteiger partial charge is 0.244 e. The molecule has 1 aliphatic carbocycles. The van der Waals surface area contributed by atoms with E-state index in [0.717, 1.165) is 30.5 Å². The van der Waals surface area contributed by atoms with Crippen LogP contribution in [0.1, 0.15) is 29.3 Å². The molecule has 1 amide bonds. The van der Waals surface area contributed by atoms with Crippen LogP contribution in [0, 0.1) is 17.2 Å². The number of carbonyl (C=O) groups is 1. The van der Waals surface area contributed by atoms with Crippen LogP contribution in [-0.2, 0) is 17.6 Å². The number of benzene rings is 1. The zero-order valence-corrected chi connectivity index (χ0v) is 15.2. The van der Waals surface area contributed by atoms with E-state index in [0.29, 0.717) is 22.2 Å². The van der Waals surface area contributed by atoms with Crippen molar-refractivity contribution in [2.24, 2.45) is 5.92 Å². The number of ether oxygens (including phenoxy) is 1. The predicted molar refractivity (Wildman–Crippen MR) is 100 cm³/mol. The van der Waals surface area contributed by atoms with E-state index < -0.39 is 0 Å². The van der Waals surface area contributed by atoms with E-state index in [4.69, 9.17) is 4.74 Å². The van der Waals surface area contributed by atoms with Crippen molar-refractivity contribution in [3.05, 3.63) is 40.3 Å². The van der Waals surface area contributed by atoms with Gasteiger partial charge in [0, 0.05) is 4.88 Å². The molecule has 0 unspecified atom stereocenters. The Hall–Kier alpha value is -2.52. The van der Waals surface area contributed by atoms with Gasteiger partial charge in [-0.15, -0.1) is 11.3 Å². The van der Waals surface area contributed by atoms with Crippen LogP contribution in [0.2, 0.25) is 0 Å². The van der Waals surface area contributed by atoms with Crippen LogP contribution in [0.25, 0.3) is 0 Å². The molecule has 130 valence electrons. The SMILES string of the molecule is COc1ccccc1NCC(=O)Nc1sc2c(c1C#N)CC[C@@H](C)C2. The summed E-state index contributed by atoms with van der Waals surface area (Å²) in [5, 5.41) is 16.1. The third kappa shape index (κ3) is 3.77. The van der Waals surface area contributed by atoms with Gasteiger partial charge in [-0.05, 0) is 42.9 Å². The molecular weight excluding hydrogens is 334 g/mol. The Morgan fingerprint density at radius 1 is 1.44 bits per heavy atom. The number of hydrogen-bond donors (Lipinski definition) is 2. The molecule has 0 bridgehead atoms. The summed E-state index contributed by atoms with van der Waals surface area (Å²) in [6.45, 7) is 2.34. The van der Waals surface area contributed by atoms with Gasteiger partial charge in [0.2, 0.25) is 5.91 Å². The van der Waals surface area contributed by atoms with Crippen molar-refractivity contribution < 1.29 is 9.53 Å². The number of rotatable bonds is 5. The zero-order valence-electron chi connectivity index (χ0n) is 14.4. The van der Waals surface area contributed by atoms with Crippen molar-refractivity contribution in [2.75, 3.05) is 24.3 Å². The van der Waals surface area contributed by atoms with Crippen LogP contribution in [-0.4, -0.2) is 19.6 Å². The molecule has 2 aromatic rings. The number of hydrogen-bond acceptors (Lipinski definition) is 5. The maximum absolute atomic E-state index is 12.3. The summed E-state index contributed by atoms with van der Waals surface area (Å²) in [5.74, 6) is 1.15. The molecule has 0 spiro atoms. The summed E-state index contributed by atoms with van der Waals surface area (Å²) in [5.41, 5.74) is 2.52. The first-order valence-electron chi connectivity index (χ1n) is 8.33. The van der Waals surface area contributed by atoms with E-state index in [1.165, 1.54) is 4.88 Å². The largest absolute Gasteiger partial charge is 0.495 e. The Labute approximate surface area is 151 Å². The van der Waals surface area contributed by atoms with Crippen molar-refractivity contribution in [3.8, 4) is 11.8 Å². The number of carbonyl (C=O) groups excluding carboxylic acids is 1. The van der Waals surface area contributed by atoms with Gasteiger partial charge in [0.15, 0.2) is 0 Å². The number of nitrogens with zero attached hydrogens (tertiary/aromatic N) is 1. The topological polar surface area (TPSA) is 74.2 Å². The van der Waals surface area contributed by atoms with E-state index in [-0.39, 0.29) is 12.5 Å². The molecule has 5 nitrogen and oxygen atoms in total. The summed E-state index contributed by atoms with van der Waals surface area (Å²) >= 11 is 1.54. The van der Waals surface area contributed by atoms with E-state index in [9.17, 15) is 10.1 Å². The lowest BCUT2D eigenvalue weighted by Crippen LogP contribution is -2.21. The minimum absolute atomic E-state index is 0.115. The molecule has 1 heterocycles. The number of nitriles is 1. The van der Waals surface area contributed by atoms with E-state index in [2.05, 4.69) is 23.6 Å². The Morgan fingerprint density at radius 2 is 2.24 bits per heavy atom. The molecule has 0 radical (unpaired) electrons. The van der Waals surface area contributed by atoms with Crippen LogP contribution in [0.3, 0.4) is 0 Å². The highest BCUT2D eigenvalue weighted by atomic mass is 32.1. The third-order valence-corrected chi connectivity index (χ3v) is 5.59. The highest BCUT2D eigenvalue weighted by Crippen LogP contribution is 2.39. The summed E-state index contributed by atoms with van der Waals surface area (Å²) in [4.78, 5) is 13.6. The van der Waals surface area contributed by atoms with Gasteiger partial charge in [0.05, 0.1) is 24.9 Å². The standard InChI is InChI=1S/C19H21N3O2S/c1-12-7-8-13-14(10-20)19(25-17(13)9-12)22-18(23)11-21-15-5-3-4-6-16(15)24-2/h3-6,12,21H,7-9,11H2,1-2H3,(H,22,23)/t12-/m1/s1. The molecule has 0 saturated heterocycles. The van der Waals surface area contributed by atoms with Crippen molar-refractivity contribution in [1.29, 1.82) is 5.26 Å². The second-order valence-corrected chi connectivity index (χ2v) is 7.37. The van der Waals surface area contributed by atoms with Crippen LogP contribution < -0.4 is 15.4 Å². The second-order valence-electron chi connectivity index (χ2n) is 6.27. The van der Waals surface area contributed by atoms with Gasteiger partial charge in [0.25, 0.3) is 0 Å². The number of fused-ring (bicyclic) bond motifs is 1. The summed E-state index contributed by atoms with van der Waals surface area (Å²) < 4.78 is 5.26. The number of thiophene rings is 1. The van der Waals surface area contributed by atoms with Crippen molar-refractivity contribution in [2.45, 2.75) is 26.2 Å². The second kappa shape index (κ2) is 7.58. The lowest BCUT2D eigenvalue weighted by molar-refractivity contribution is -0.114. The minimum Gasteiger partial charge on any atom is -0.495 e. The summed E-state index contributed by atoms with van der Waals surface area (Å²) in [6.07, 6.45) is 3.01. The molecule has 1 aromatic heterocycles. The fourth-order valence-corrected chi connectivity index (χ4v) is 4.47. The van der Waals surface area contributed by atoms with Crippen molar-refractivity contribution in [1.82, 2.24) is 0 Å². The van der Waals surface area contributed by atoms with Gasteiger partial charge in [0.1, 0.15) is 16.8 Å². The van der Waals surface area contributed by atoms with Crippen molar-refractivity contribution >= 4 is 27.9 Å². The quantitative estimate of drug-likeness (QED) is 0.855. The van der Waals surface area contributed by atoms with E-state index in [1.807, 2.05) is 24.3 Å². The van der Waals surface area contributed by atoms with E-state index in [1.54, 1.807) is 18.4 Å². The normalized spacial score (nSPS) is 15.8. The van der Waals surface area contributed by atoms with Gasteiger partial charge in [-0.1, -0.05) is 19.1 Å². The van der Waals surface area contributed by atoms with Gasteiger partial charge < -0.3 is 15.4 Å². The lowest BCUT2D eigenvalue weighted by Gasteiger charge is -2.17. The Bertz CT molecular complexity index is 823. The van der Waals surface area contributed by atoms with Gasteiger partial charge in [-0.2, -0.15) is 5.26 Å². The number of para-hydroxylation sites is 2. The number of methoxy groups -OCH3 is 1. The Balaban J connectivity index is 1.68. The molecule has 0 saturated carbocycles. The molecule has 0 aliphatic heterocycles. The van der Waals surface area contributed by atoms with E-state index >= 15 is 0 Å². The Kier molecular flexibility index (Phi) is 5.25. The third-order valence-electron chi connectivity index (χ3n) is 4.42. The maximum atomic E-state index is 12.3. The predicted octanol–water partition coefficient (Wildman–Crippen LogP) is 3.80. The minimum atomic E-state index is -0.172. The molecule has 2 N–H and O–H groups in total. The van der Waals surface area contributed by atoms with Crippen LogP contribution in [0.5, 0.6) is 5.75 Å². The molecule has 1 aliphatic rings. The molecule has 1 aromatic carbocycles. The highest BCUT2D eigenvalue weighted by Gasteiger charge is 2.24. The maximum Gasteiger partial charge on any atom is 0.244 e. The van der Waals surface area contributed by atoms with Gasteiger partial charge >= 0.3 is 0 Å². The van der Waals surface area contributed by atoms with Gasteiger partial charge in [-0.25, -0.2) is 0 Å². The monoisotopic (exact) mass is 355 g/mol. The number of amides is 1. The molecular formula is C19H21N3O2S. The fourth-order valence-electron chi connectivity index (χ4n) is 3.09. The van der Waals surface area contributed by atoms with Crippen LogP contribution in [0.15, 0.2) is 24.3 Å². The fraction of sp³-hybridized carbons (Fsp3) is 0.368. The number of anilines is 2. The Morgan fingerprint density at radius 3 is 3.00 bits per heavy atom. The first-order chi connectivity index (χ1) is 12.1. The zero-order chi connectivity index (χ0) is 17.8. The molecule has 3 rings (SSSR count). The molecule has 0 fully saturated rings. The highest BCUT2D eigenvalue weighted by molar-refractivity contribution is 7.16. The number of nitrogens with one attached hydrogen (secondary N) is 2. The first-order valence-corrected chi connectivity index (χ1v) is 9.15. The molecule has 25 heavy (non-hydrogen) atoms. The van der Waals surface area contributed by atoms with Crippen LogP contribution >= 0.6 is 11.3 Å². The average molecular weight is 355 g/mol. The molecule has 6 heteroatoms. The lowest BCUT2D eigenvalue weighted by atomic mass is 9.89. The van der Waals surface area contributed by atoms with Crippen LogP contribution in [0.4, 0.5) is 10.7 Å². The average Bonchev–Trinajstić information content (AvgIpc) is 2.95. The van der Waals surface area contributed by atoms with Crippen molar-refractivity contribution in [3.63, 3.8) is 0 Å². The summed E-state index contributed by atoms with van der Waals surface area (Å²) in [6, 6.07) is 9.72. The first kappa shape index (κ1) is 17.3. The molecule has 1 atom stereocenters. The summed E-state index contributed by atoms with van der Waals surface area (Å²) in [7, 11) is 1.59.